The first-order valence-electron chi connectivity index (χ1n) is 7.67. The van der Waals surface area contributed by atoms with Crippen LogP contribution in [-0.2, 0) is 15.7 Å². The summed E-state index contributed by atoms with van der Waals surface area (Å²) in [7, 11) is 0. The first kappa shape index (κ1) is 17.7. The van der Waals surface area contributed by atoms with Crippen LogP contribution >= 0.6 is 0 Å². The number of alkyl halides is 3. The molecule has 1 N–H and O–H groups in total. The van der Waals surface area contributed by atoms with Gasteiger partial charge in [-0.15, -0.1) is 0 Å². The van der Waals surface area contributed by atoms with Crippen molar-refractivity contribution >= 4 is 5.91 Å². The number of morpholine rings is 1. The highest BCUT2D eigenvalue weighted by Gasteiger charge is 2.31. The number of benzene rings is 1. The fourth-order valence-corrected chi connectivity index (χ4v) is 2.58. The van der Waals surface area contributed by atoms with Crippen LogP contribution in [0.3, 0.4) is 0 Å². The second-order valence-electron chi connectivity index (χ2n) is 5.44. The predicted octanol–water partition coefficient (Wildman–Crippen LogP) is 2.60. The van der Waals surface area contributed by atoms with Crippen molar-refractivity contribution in [3.05, 3.63) is 35.4 Å². The average Bonchev–Trinajstić information content (AvgIpc) is 2.55. The van der Waals surface area contributed by atoms with E-state index >= 15 is 0 Å². The van der Waals surface area contributed by atoms with E-state index < -0.39 is 11.7 Å². The number of ether oxygens (including phenoxy) is 1. The summed E-state index contributed by atoms with van der Waals surface area (Å²) in [6, 6.07) is 4.99. The number of rotatable bonds is 5. The van der Waals surface area contributed by atoms with Gasteiger partial charge in [0.05, 0.1) is 24.8 Å². The minimum Gasteiger partial charge on any atom is -0.379 e. The Morgan fingerprint density at radius 2 is 1.87 bits per heavy atom. The lowest BCUT2D eigenvalue weighted by Crippen LogP contribution is -2.43. The predicted molar refractivity (Wildman–Crippen MR) is 79.9 cm³/mol. The summed E-state index contributed by atoms with van der Waals surface area (Å²) >= 11 is 0. The molecule has 1 aromatic carbocycles. The number of nitrogens with one attached hydrogen (secondary N) is 1. The van der Waals surface area contributed by atoms with Gasteiger partial charge in [0.15, 0.2) is 0 Å². The van der Waals surface area contributed by atoms with Crippen molar-refractivity contribution in [3.8, 4) is 0 Å². The summed E-state index contributed by atoms with van der Waals surface area (Å²) in [6.45, 7) is 4.67. The fourth-order valence-electron chi connectivity index (χ4n) is 2.58. The van der Waals surface area contributed by atoms with Crippen LogP contribution in [0.15, 0.2) is 24.3 Å². The Morgan fingerprint density at radius 3 is 2.39 bits per heavy atom. The van der Waals surface area contributed by atoms with Crippen molar-refractivity contribution < 1.29 is 22.7 Å². The van der Waals surface area contributed by atoms with Gasteiger partial charge in [0.25, 0.3) is 0 Å². The van der Waals surface area contributed by atoms with Crippen LogP contribution in [-0.4, -0.2) is 43.7 Å². The van der Waals surface area contributed by atoms with Crippen LogP contribution < -0.4 is 5.32 Å². The number of halogens is 3. The molecule has 2 rings (SSSR count). The molecule has 1 aliphatic heterocycles. The van der Waals surface area contributed by atoms with E-state index in [1.807, 2.05) is 0 Å². The Kier molecular flexibility index (Phi) is 6.01. The quantitative estimate of drug-likeness (QED) is 0.902. The third-order valence-corrected chi connectivity index (χ3v) is 3.92. The molecule has 1 atom stereocenters. The molecule has 0 aromatic heterocycles. The average molecular weight is 330 g/mol. The SMILES string of the molecule is CCC(=O)NC[C@H](c1ccc(C(F)(F)F)cc1)N1CCOCC1. The maximum absolute atomic E-state index is 12.7. The molecule has 1 saturated heterocycles. The van der Waals surface area contributed by atoms with Gasteiger partial charge in [-0.1, -0.05) is 19.1 Å². The minimum atomic E-state index is -4.34. The summed E-state index contributed by atoms with van der Waals surface area (Å²) in [5, 5.41) is 2.83. The van der Waals surface area contributed by atoms with Gasteiger partial charge < -0.3 is 10.1 Å². The van der Waals surface area contributed by atoms with Crippen LogP contribution in [0.1, 0.15) is 30.5 Å². The summed E-state index contributed by atoms with van der Waals surface area (Å²) in [5.74, 6) is -0.0739. The molecule has 1 amide bonds. The van der Waals surface area contributed by atoms with E-state index in [1.165, 1.54) is 12.1 Å². The molecule has 23 heavy (non-hydrogen) atoms. The molecule has 0 radical (unpaired) electrons. The lowest BCUT2D eigenvalue weighted by molar-refractivity contribution is -0.137. The molecule has 7 heteroatoms. The smallest absolute Gasteiger partial charge is 0.379 e. The van der Waals surface area contributed by atoms with Crippen molar-refractivity contribution in [3.63, 3.8) is 0 Å². The monoisotopic (exact) mass is 330 g/mol. The Hall–Kier alpha value is -1.60. The zero-order valence-corrected chi connectivity index (χ0v) is 13.0. The molecule has 1 fully saturated rings. The molecule has 0 aliphatic carbocycles. The summed E-state index contributed by atoms with van der Waals surface area (Å²) in [5.41, 5.74) is 0.0934. The highest BCUT2D eigenvalue weighted by molar-refractivity contribution is 5.75. The second kappa shape index (κ2) is 7.79. The molecule has 1 aliphatic rings. The second-order valence-corrected chi connectivity index (χ2v) is 5.44. The molecular formula is C16H21F3N2O2. The Morgan fingerprint density at radius 1 is 1.26 bits per heavy atom. The van der Waals surface area contributed by atoms with E-state index in [0.717, 1.165) is 17.7 Å². The first-order valence-corrected chi connectivity index (χ1v) is 7.67. The first-order chi connectivity index (χ1) is 10.9. The number of amides is 1. The summed E-state index contributed by atoms with van der Waals surface area (Å²) < 4.78 is 43.4. The molecule has 4 nitrogen and oxygen atoms in total. The zero-order chi connectivity index (χ0) is 16.9. The van der Waals surface area contributed by atoms with Crippen LogP contribution in [0.4, 0.5) is 13.2 Å². The van der Waals surface area contributed by atoms with Crippen molar-refractivity contribution in [2.75, 3.05) is 32.8 Å². The van der Waals surface area contributed by atoms with Gasteiger partial charge in [-0.05, 0) is 17.7 Å². The van der Waals surface area contributed by atoms with Crippen molar-refractivity contribution in [2.24, 2.45) is 0 Å². The highest BCUT2D eigenvalue weighted by atomic mass is 19.4. The van der Waals surface area contributed by atoms with Crippen molar-refractivity contribution in [2.45, 2.75) is 25.6 Å². The topological polar surface area (TPSA) is 41.6 Å². The number of carbonyl (C=O) groups excluding carboxylic acids is 1. The number of nitrogens with zero attached hydrogens (tertiary/aromatic N) is 1. The van der Waals surface area contributed by atoms with E-state index in [2.05, 4.69) is 10.2 Å². The van der Waals surface area contributed by atoms with Crippen LogP contribution in [0.25, 0.3) is 0 Å². The fraction of sp³-hybridized carbons (Fsp3) is 0.562. The maximum Gasteiger partial charge on any atom is 0.416 e. The van der Waals surface area contributed by atoms with E-state index in [0.29, 0.717) is 39.3 Å². The zero-order valence-electron chi connectivity index (χ0n) is 13.0. The Bertz CT molecular complexity index is 511. The van der Waals surface area contributed by atoms with Gasteiger partial charge in [-0.2, -0.15) is 13.2 Å². The third kappa shape index (κ3) is 4.94. The molecule has 128 valence electrons. The number of hydrogen-bond acceptors (Lipinski definition) is 3. The Labute approximate surface area is 133 Å². The van der Waals surface area contributed by atoms with E-state index in [9.17, 15) is 18.0 Å². The van der Waals surface area contributed by atoms with Crippen LogP contribution in [0.5, 0.6) is 0 Å². The van der Waals surface area contributed by atoms with Crippen molar-refractivity contribution in [1.29, 1.82) is 0 Å². The van der Waals surface area contributed by atoms with Gasteiger partial charge >= 0.3 is 6.18 Å². The van der Waals surface area contributed by atoms with Gasteiger partial charge in [0.1, 0.15) is 0 Å². The van der Waals surface area contributed by atoms with Crippen LogP contribution in [0.2, 0.25) is 0 Å². The molecule has 0 spiro atoms. The van der Waals surface area contributed by atoms with E-state index in [1.54, 1.807) is 6.92 Å². The van der Waals surface area contributed by atoms with Gasteiger partial charge in [-0.3, -0.25) is 9.69 Å². The molecule has 1 heterocycles. The minimum absolute atomic E-state index is 0.0739. The molecule has 0 unspecified atom stereocenters. The highest BCUT2D eigenvalue weighted by Crippen LogP contribution is 2.31. The Balaban J connectivity index is 2.16. The number of hydrogen-bond donors (Lipinski definition) is 1. The number of carbonyl (C=O) groups is 1. The third-order valence-electron chi connectivity index (χ3n) is 3.92. The van der Waals surface area contributed by atoms with Gasteiger partial charge in [0.2, 0.25) is 5.91 Å². The van der Waals surface area contributed by atoms with E-state index in [-0.39, 0.29) is 11.9 Å². The lowest BCUT2D eigenvalue weighted by atomic mass is 10.0. The lowest BCUT2D eigenvalue weighted by Gasteiger charge is -2.35. The molecule has 0 bridgehead atoms. The molecular weight excluding hydrogens is 309 g/mol. The maximum atomic E-state index is 12.7. The van der Waals surface area contributed by atoms with Gasteiger partial charge in [-0.25, -0.2) is 0 Å². The van der Waals surface area contributed by atoms with E-state index in [4.69, 9.17) is 4.74 Å². The molecule has 0 saturated carbocycles. The van der Waals surface area contributed by atoms with Gasteiger partial charge in [0, 0.05) is 26.1 Å². The standard InChI is InChI=1S/C16H21F3N2O2/c1-2-15(22)20-11-14(21-7-9-23-10-8-21)12-3-5-13(6-4-12)16(17,18)19/h3-6,14H,2,7-11H2,1H3,(H,20,22)/t14-/m1/s1. The summed E-state index contributed by atoms with van der Waals surface area (Å²) in [6.07, 6.45) is -3.97. The molecule has 1 aromatic rings. The van der Waals surface area contributed by atoms with Crippen LogP contribution in [0, 0.1) is 0 Å². The largest absolute Gasteiger partial charge is 0.416 e. The van der Waals surface area contributed by atoms with Crippen molar-refractivity contribution in [1.82, 2.24) is 10.2 Å². The normalized spacial score (nSPS) is 17.7. The summed E-state index contributed by atoms with van der Waals surface area (Å²) in [4.78, 5) is 13.6.